The Kier molecular flexibility index (Phi) is 4.48. The van der Waals surface area contributed by atoms with Gasteiger partial charge >= 0.3 is 0 Å². The average Bonchev–Trinajstić information content (AvgIpc) is 2.40. The van der Waals surface area contributed by atoms with E-state index < -0.39 is 0 Å². The van der Waals surface area contributed by atoms with Gasteiger partial charge in [-0.25, -0.2) is 0 Å². The third kappa shape index (κ3) is 3.25. The molecule has 92 valence electrons. The first kappa shape index (κ1) is 12.5. The fourth-order valence-electron chi connectivity index (χ4n) is 2.08. The highest BCUT2D eigenvalue weighted by molar-refractivity contribution is 7.80. The Hall–Kier alpha value is -0.970. The fraction of sp³-hybridized carbons (Fsp3) is 0.462. The van der Waals surface area contributed by atoms with Crippen LogP contribution in [-0.2, 0) is 0 Å². The number of rotatable bonds is 3. The van der Waals surface area contributed by atoms with E-state index in [1.807, 2.05) is 18.2 Å². The van der Waals surface area contributed by atoms with E-state index in [0.29, 0.717) is 0 Å². The summed E-state index contributed by atoms with van der Waals surface area (Å²) in [4.78, 5) is 5.46. The van der Waals surface area contributed by atoms with E-state index in [1.54, 1.807) is 0 Å². The lowest BCUT2D eigenvalue weighted by Crippen LogP contribution is -2.49. The van der Waals surface area contributed by atoms with Gasteiger partial charge in [-0.3, -0.25) is 4.90 Å². The van der Waals surface area contributed by atoms with Crippen molar-refractivity contribution in [1.29, 1.82) is 0 Å². The summed E-state index contributed by atoms with van der Waals surface area (Å²) < 4.78 is 0. The van der Waals surface area contributed by atoms with Crippen molar-refractivity contribution in [3.8, 4) is 0 Å². The van der Waals surface area contributed by atoms with Crippen LogP contribution in [0.25, 0.3) is 0 Å². The molecule has 1 aliphatic rings. The lowest BCUT2D eigenvalue weighted by molar-refractivity contribution is 0.148. The fourth-order valence-corrected chi connectivity index (χ4v) is 2.40. The number of hydrogen-bond acceptors (Lipinski definition) is 3. The molecule has 0 aromatic heterocycles. The molecule has 0 atom stereocenters. The normalized spacial score (nSPS) is 17.1. The Morgan fingerprint density at radius 2 is 1.76 bits per heavy atom. The number of aliphatic hydroxyl groups is 1. The smallest absolute Gasteiger partial charge is 0.109 e. The minimum Gasteiger partial charge on any atom is -0.395 e. The Morgan fingerprint density at radius 3 is 2.35 bits per heavy atom. The molecule has 17 heavy (non-hydrogen) atoms. The molecule has 1 heterocycles. The van der Waals surface area contributed by atoms with Gasteiger partial charge in [0, 0.05) is 38.3 Å². The summed E-state index contributed by atoms with van der Waals surface area (Å²) in [6.45, 7) is 4.87. The van der Waals surface area contributed by atoms with Gasteiger partial charge in [-0.2, -0.15) is 0 Å². The summed E-state index contributed by atoms with van der Waals surface area (Å²) in [5, 5.41) is 8.89. The van der Waals surface area contributed by atoms with Crippen molar-refractivity contribution in [2.75, 3.05) is 39.3 Å². The Bertz CT molecular complexity index is 361. The van der Waals surface area contributed by atoms with Crippen LogP contribution >= 0.6 is 12.2 Å². The number of aliphatic hydroxyl groups excluding tert-OH is 1. The number of piperazine rings is 1. The minimum absolute atomic E-state index is 0.239. The Labute approximate surface area is 108 Å². The second-order valence-corrected chi connectivity index (χ2v) is 4.61. The van der Waals surface area contributed by atoms with Crippen LogP contribution < -0.4 is 0 Å². The highest BCUT2D eigenvalue weighted by atomic mass is 32.1. The summed E-state index contributed by atoms with van der Waals surface area (Å²) in [7, 11) is 0. The molecule has 1 fully saturated rings. The molecule has 0 aliphatic carbocycles. The predicted octanol–water partition coefficient (Wildman–Crippen LogP) is 0.972. The molecular weight excluding hydrogens is 232 g/mol. The van der Waals surface area contributed by atoms with Crippen molar-refractivity contribution in [3.05, 3.63) is 35.9 Å². The molecular formula is C13H18N2OS. The van der Waals surface area contributed by atoms with Gasteiger partial charge < -0.3 is 10.0 Å². The van der Waals surface area contributed by atoms with E-state index in [1.165, 1.54) is 0 Å². The van der Waals surface area contributed by atoms with Gasteiger partial charge in [-0.05, 0) is 0 Å². The van der Waals surface area contributed by atoms with Crippen LogP contribution in [0.5, 0.6) is 0 Å². The average molecular weight is 250 g/mol. The SMILES string of the molecule is OCCN1CCN(C(=S)c2ccccc2)CC1. The van der Waals surface area contributed by atoms with Crippen molar-refractivity contribution in [2.45, 2.75) is 0 Å². The zero-order valence-corrected chi connectivity index (χ0v) is 10.7. The molecule has 1 N–H and O–H groups in total. The summed E-state index contributed by atoms with van der Waals surface area (Å²) in [5.41, 5.74) is 1.12. The number of thiocarbonyl (C=S) groups is 1. The quantitative estimate of drug-likeness (QED) is 0.809. The van der Waals surface area contributed by atoms with E-state index in [0.717, 1.165) is 43.3 Å². The largest absolute Gasteiger partial charge is 0.395 e. The zero-order valence-electron chi connectivity index (χ0n) is 9.88. The maximum absolute atomic E-state index is 8.89. The summed E-state index contributed by atoms with van der Waals surface area (Å²) in [5.74, 6) is 0. The van der Waals surface area contributed by atoms with Gasteiger partial charge in [-0.15, -0.1) is 0 Å². The molecule has 0 amide bonds. The molecule has 0 radical (unpaired) electrons. The molecule has 0 saturated carbocycles. The van der Waals surface area contributed by atoms with Crippen LogP contribution in [-0.4, -0.2) is 59.2 Å². The van der Waals surface area contributed by atoms with Crippen LogP contribution in [0.15, 0.2) is 30.3 Å². The van der Waals surface area contributed by atoms with Crippen molar-refractivity contribution < 1.29 is 5.11 Å². The van der Waals surface area contributed by atoms with Crippen molar-refractivity contribution >= 4 is 17.2 Å². The standard InChI is InChI=1S/C13H18N2OS/c16-11-10-14-6-8-15(9-7-14)13(17)12-4-2-1-3-5-12/h1-5,16H,6-11H2. The van der Waals surface area contributed by atoms with Gasteiger partial charge in [0.25, 0.3) is 0 Å². The third-order valence-electron chi connectivity index (χ3n) is 3.10. The first-order valence-electron chi connectivity index (χ1n) is 5.99. The molecule has 1 aromatic carbocycles. The molecule has 1 aliphatic heterocycles. The first-order chi connectivity index (χ1) is 8.31. The molecule has 0 unspecified atom stereocenters. The van der Waals surface area contributed by atoms with Crippen LogP contribution in [0.2, 0.25) is 0 Å². The monoisotopic (exact) mass is 250 g/mol. The number of benzene rings is 1. The van der Waals surface area contributed by atoms with Gasteiger partial charge in [0.2, 0.25) is 0 Å². The first-order valence-corrected chi connectivity index (χ1v) is 6.39. The van der Waals surface area contributed by atoms with Crippen molar-refractivity contribution in [3.63, 3.8) is 0 Å². The highest BCUT2D eigenvalue weighted by Gasteiger charge is 2.18. The molecule has 3 nitrogen and oxygen atoms in total. The highest BCUT2D eigenvalue weighted by Crippen LogP contribution is 2.09. The molecule has 0 spiro atoms. The molecule has 0 bridgehead atoms. The van der Waals surface area contributed by atoms with Crippen molar-refractivity contribution in [2.24, 2.45) is 0 Å². The number of β-amino-alcohol motifs (C(OH)–C–C–N with tert-alkyl or cyclic N) is 1. The topological polar surface area (TPSA) is 26.7 Å². The van der Waals surface area contributed by atoms with E-state index >= 15 is 0 Å². The van der Waals surface area contributed by atoms with Gasteiger partial charge in [0.05, 0.1) is 6.61 Å². The van der Waals surface area contributed by atoms with E-state index in [9.17, 15) is 0 Å². The number of nitrogens with zero attached hydrogens (tertiary/aromatic N) is 2. The van der Waals surface area contributed by atoms with Gasteiger partial charge in [0.1, 0.15) is 4.99 Å². The van der Waals surface area contributed by atoms with Crippen LogP contribution in [0.3, 0.4) is 0 Å². The maximum Gasteiger partial charge on any atom is 0.109 e. The summed E-state index contributed by atoms with van der Waals surface area (Å²) in [6, 6.07) is 10.2. The molecule has 4 heteroatoms. The van der Waals surface area contributed by atoms with E-state index in [-0.39, 0.29) is 6.61 Å². The molecule has 1 saturated heterocycles. The Balaban J connectivity index is 1.91. The second-order valence-electron chi connectivity index (χ2n) is 4.22. The molecule has 1 aromatic rings. The molecule has 2 rings (SSSR count). The van der Waals surface area contributed by atoms with Crippen molar-refractivity contribution in [1.82, 2.24) is 9.80 Å². The van der Waals surface area contributed by atoms with E-state index in [4.69, 9.17) is 17.3 Å². The lowest BCUT2D eigenvalue weighted by Gasteiger charge is -2.35. The van der Waals surface area contributed by atoms with E-state index in [2.05, 4.69) is 21.9 Å². The summed E-state index contributed by atoms with van der Waals surface area (Å²) >= 11 is 5.50. The third-order valence-corrected chi connectivity index (χ3v) is 3.59. The minimum atomic E-state index is 0.239. The Morgan fingerprint density at radius 1 is 1.12 bits per heavy atom. The maximum atomic E-state index is 8.89. The second kappa shape index (κ2) is 6.10. The van der Waals surface area contributed by atoms with Crippen LogP contribution in [0.1, 0.15) is 5.56 Å². The zero-order chi connectivity index (χ0) is 12.1. The number of hydrogen-bond donors (Lipinski definition) is 1. The van der Waals surface area contributed by atoms with Crippen LogP contribution in [0, 0.1) is 0 Å². The summed E-state index contributed by atoms with van der Waals surface area (Å²) in [6.07, 6.45) is 0. The van der Waals surface area contributed by atoms with Gasteiger partial charge in [0.15, 0.2) is 0 Å². The van der Waals surface area contributed by atoms with Gasteiger partial charge in [-0.1, -0.05) is 42.5 Å². The van der Waals surface area contributed by atoms with Crippen LogP contribution in [0.4, 0.5) is 0 Å². The lowest BCUT2D eigenvalue weighted by atomic mass is 10.2. The predicted molar refractivity (Wildman–Crippen MR) is 73.2 cm³/mol.